The topological polar surface area (TPSA) is 27.1 Å². The van der Waals surface area contributed by atoms with Gasteiger partial charge in [-0.25, -0.2) is 9.37 Å². The maximum atomic E-state index is 13.7. The number of halogens is 2. The molecule has 0 aliphatic rings. The van der Waals surface area contributed by atoms with Crippen molar-refractivity contribution in [1.29, 1.82) is 0 Å². The maximum absolute atomic E-state index is 13.7. The van der Waals surface area contributed by atoms with Gasteiger partial charge in [0.1, 0.15) is 5.82 Å². The minimum atomic E-state index is -0.425. The summed E-state index contributed by atoms with van der Waals surface area (Å²) in [4.78, 5) is 4.36. The van der Waals surface area contributed by atoms with E-state index in [0.717, 1.165) is 11.2 Å². The molecule has 0 fully saturated rings. The molecule has 0 amide bonds. The van der Waals surface area contributed by atoms with Crippen molar-refractivity contribution in [1.82, 2.24) is 9.55 Å². The molecule has 19 heavy (non-hydrogen) atoms. The zero-order valence-corrected chi connectivity index (χ0v) is 11.6. The van der Waals surface area contributed by atoms with E-state index in [1.165, 1.54) is 13.2 Å². The standard InChI is InChI=1S/C13H10ClFN2OS/c1-18-12-5-11-10(4-9(12)15)16-13(6-14)17(11)8-2-3-19-7-8/h2-5,7H,6H2,1H3. The molecule has 3 rings (SSSR count). The molecule has 0 aliphatic heterocycles. The first-order valence-electron chi connectivity index (χ1n) is 5.58. The highest BCUT2D eigenvalue weighted by atomic mass is 35.5. The van der Waals surface area contributed by atoms with Crippen LogP contribution >= 0.6 is 22.9 Å². The smallest absolute Gasteiger partial charge is 0.167 e. The summed E-state index contributed by atoms with van der Waals surface area (Å²) in [5, 5.41) is 3.97. The number of imidazole rings is 1. The van der Waals surface area contributed by atoms with E-state index in [1.54, 1.807) is 17.4 Å². The van der Waals surface area contributed by atoms with Crippen LogP contribution in [0, 0.1) is 5.82 Å². The molecule has 0 radical (unpaired) electrons. The predicted molar refractivity (Wildman–Crippen MR) is 75.0 cm³/mol. The first-order chi connectivity index (χ1) is 9.24. The number of ether oxygens (including phenoxy) is 1. The number of nitrogens with zero attached hydrogens (tertiary/aromatic N) is 2. The van der Waals surface area contributed by atoms with Crippen LogP contribution in [0.25, 0.3) is 16.7 Å². The first kappa shape index (κ1) is 12.4. The Morgan fingerprint density at radius 1 is 1.47 bits per heavy atom. The Labute approximate surface area is 118 Å². The summed E-state index contributed by atoms with van der Waals surface area (Å²) in [7, 11) is 1.44. The summed E-state index contributed by atoms with van der Waals surface area (Å²) < 4.78 is 20.6. The minimum absolute atomic E-state index is 0.199. The van der Waals surface area contributed by atoms with E-state index in [2.05, 4.69) is 4.98 Å². The van der Waals surface area contributed by atoms with E-state index < -0.39 is 5.82 Å². The Morgan fingerprint density at radius 2 is 2.32 bits per heavy atom. The van der Waals surface area contributed by atoms with Crippen LogP contribution in [-0.4, -0.2) is 16.7 Å². The number of alkyl halides is 1. The third-order valence-corrected chi connectivity index (χ3v) is 3.79. The third-order valence-electron chi connectivity index (χ3n) is 2.88. The number of benzene rings is 1. The number of methoxy groups -OCH3 is 1. The molecule has 3 nitrogen and oxygen atoms in total. The van der Waals surface area contributed by atoms with Gasteiger partial charge in [-0.1, -0.05) is 0 Å². The fourth-order valence-electron chi connectivity index (χ4n) is 2.05. The fourth-order valence-corrected chi connectivity index (χ4v) is 2.85. The number of aromatic nitrogens is 2. The van der Waals surface area contributed by atoms with Crippen molar-refractivity contribution in [3.63, 3.8) is 0 Å². The molecule has 1 aromatic carbocycles. The molecule has 0 saturated heterocycles. The molecule has 6 heteroatoms. The van der Waals surface area contributed by atoms with Gasteiger partial charge in [-0.15, -0.1) is 11.6 Å². The zero-order chi connectivity index (χ0) is 13.4. The monoisotopic (exact) mass is 296 g/mol. The van der Waals surface area contributed by atoms with Gasteiger partial charge >= 0.3 is 0 Å². The van der Waals surface area contributed by atoms with Gasteiger partial charge in [0.2, 0.25) is 0 Å². The SMILES string of the molecule is COc1cc2c(cc1F)nc(CCl)n2-c1ccsc1. The second kappa shape index (κ2) is 4.83. The summed E-state index contributed by atoms with van der Waals surface area (Å²) in [6, 6.07) is 4.98. The average Bonchev–Trinajstić information content (AvgIpc) is 3.03. The highest BCUT2D eigenvalue weighted by Gasteiger charge is 2.15. The van der Waals surface area contributed by atoms with Crippen molar-refractivity contribution in [2.75, 3.05) is 7.11 Å². The van der Waals surface area contributed by atoms with Crippen LogP contribution in [0.1, 0.15) is 5.82 Å². The van der Waals surface area contributed by atoms with E-state index >= 15 is 0 Å². The highest BCUT2D eigenvalue weighted by Crippen LogP contribution is 2.29. The summed E-state index contributed by atoms with van der Waals surface area (Å²) >= 11 is 7.51. The Balaban J connectivity index is 2.34. The van der Waals surface area contributed by atoms with Crippen molar-refractivity contribution in [2.24, 2.45) is 0 Å². The molecule has 3 aromatic rings. The van der Waals surface area contributed by atoms with Gasteiger partial charge in [0.05, 0.1) is 29.7 Å². The fraction of sp³-hybridized carbons (Fsp3) is 0.154. The lowest BCUT2D eigenvalue weighted by Gasteiger charge is -2.06. The number of hydrogen-bond donors (Lipinski definition) is 0. The molecule has 2 heterocycles. The van der Waals surface area contributed by atoms with Crippen LogP contribution in [0.5, 0.6) is 5.75 Å². The van der Waals surface area contributed by atoms with E-state index in [-0.39, 0.29) is 11.6 Å². The number of rotatable bonds is 3. The Morgan fingerprint density at radius 3 is 2.95 bits per heavy atom. The van der Waals surface area contributed by atoms with Gasteiger partial charge < -0.3 is 4.74 Å². The average molecular weight is 297 g/mol. The number of thiophene rings is 1. The van der Waals surface area contributed by atoms with Crippen molar-refractivity contribution >= 4 is 34.0 Å². The van der Waals surface area contributed by atoms with Crippen LogP contribution in [0.15, 0.2) is 29.0 Å². The van der Waals surface area contributed by atoms with Crippen LogP contribution in [0.3, 0.4) is 0 Å². The lowest BCUT2D eigenvalue weighted by molar-refractivity contribution is 0.387. The van der Waals surface area contributed by atoms with Gasteiger partial charge in [0.25, 0.3) is 0 Å². The molecule has 98 valence electrons. The normalized spacial score (nSPS) is 11.1. The van der Waals surface area contributed by atoms with Gasteiger partial charge in [0, 0.05) is 17.5 Å². The van der Waals surface area contributed by atoms with E-state index in [0.29, 0.717) is 11.3 Å². The van der Waals surface area contributed by atoms with Crippen LogP contribution in [0.2, 0.25) is 0 Å². The third kappa shape index (κ3) is 1.99. The Bertz CT molecular complexity index is 724. The molecule has 0 saturated carbocycles. The van der Waals surface area contributed by atoms with E-state index in [1.807, 2.05) is 21.4 Å². The molecule has 0 N–H and O–H groups in total. The van der Waals surface area contributed by atoms with Crippen LogP contribution in [-0.2, 0) is 5.88 Å². The van der Waals surface area contributed by atoms with E-state index in [9.17, 15) is 4.39 Å². The van der Waals surface area contributed by atoms with Gasteiger partial charge in [-0.3, -0.25) is 4.57 Å². The Kier molecular flexibility index (Phi) is 3.16. The van der Waals surface area contributed by atoms with Crippen LogP contribution < -0.4 is 4.74 Å². The molecule has 0 unspecified atom stereocenters. The van der Waals surface area contributed by atoms with Crippen molar-refractivity contribution < 1.29 is 9.13 Å². The Hall–Kier alpha value is -1.59. The van der Waals surface area contributed by atoms with Gasteiger partial charge in [0.15, 0.2) is 11.6 Å². The second-order valence-corrected chi connectivity index (χ2v) is 5.00. The predicted octanol–water partition coefficient (Wildman–Crippen LogP) is 3.97. The van der Waals surface area contributed by atoms with Crippen molar-refractivity contribution in [3.8, 4) is 11.4 Å². The molecule has 2 aromatic heterocycles. The lowest BCUT2D eigenvalue weighted by Crippen LogP contribution is -1.97. The minimum Gasteiger partial charge on any atom is -0.494 e. The summed E-state index contributed by atoms with van der Waals surface area (Å²) in [6.07, 6.45) is 0. The molecule has 0 atom stereocenters. The molecule has 0 bridgehead atoms. The number of hydrogen-bond acceptors (Lipinski definition) is 3. The quantitative estimate of drug-likeness (QED) is 0.684. The second-order valence-electron chi connectivity index (χ2n) is 3.95. The molecular formula is C13H10ClFN2OS. The van der Waals surface area contributed by atoms with Crippen molar-refractivity contribution in [2.45, 2.75) is 5.88 Å². The van der Waals surface area contributed by atoms with Crippen molar-refractivity contribution in [3.05, 3.63) is 40.6 Å². The lowest BCUT2D eigenvalue weighted by atomic mass is 10.3. The zero-order valence-electron chi connectivity index (χ0n) is 10.1. The van der Waals surface area contributed by atoms with Gasteiger partial charge in [-0.2, -0.15) is 11.3 Å². The van der Waals surface area contributed by atoms with E-state index in [4.69, 9.17) is 16.3 Å². The summed E-state index contributed by atoms with van der Waals surface area (Å²) in [5.41, 5.74) is 2.32. The largest absolute Gasteiger partial charge is 0.494 e. The maximum Gasteiger partial charge on any atom is 0.167 e. The molecule has 0 spiro atoms. The van der Waals surface area contributed by atoms with Crippen LogP contribution in [0.4, 0.5) is 4.39 Å². The molecule has 0 aliphatic carbocycles. The molecular weight excluding hydrogens is 287 g/mol. The first-order valence-corrected chi connectivity index (χ1v) is 7.05. The summed E-state index contributed by atoms with van der Waals surface area (Å²) in [5.74, 6) is 0.716. The number of fused-ring (bicyclic) bond motifs is 1. The highest BCUT2D eigenvalue weighted by molar-refractivity contribution is 7.08. The van der Waals surface area contributed by atoms with Gasteiger partial charge in [-0.05, 0) is 11.4 Å². The summed E-state index contributed by atoms with van der Waals surface area (Å²) in [6.45, 7) is 0.